The molecule has 3 rings (SSSR count). The minimum atomic E-state index is -0.108. The van der Waals surface area contributed by atoms with Gasteiger partial charge in [-0.15, -0.1) is 0 Å². The largest absolute Gasteiger partial charge is 0.494 e. The number of rotatable bonds is 9. The van der Waals surface area contributed by atoms with Crippen LogP contribution in [0.1, 0.15) is 44.6 Å². The van der Waals surface area contributed by atoms with Crippen LogP contribution in [0.25, 0.3) is 17.1 Å². The Bertz CT molecular complexity index is 971. The van der Waals surface area contributed by atoms with Crippen molar-refractivity contribution < 1.29 is 9.53 Å². The van der Waals surface area contributed by atoms with Crippen molar-refractivity contribution in [3.8, 4) is 5.75 Å². The predicted molar refractivity (Wildman–Crippen MR) is 118 cm³/mol. The van der Waals surface area contributed by atoms with Gasteiger partial charge in [-0.25, -0.2) is 4.98 Å². The number of benzene rings is 2. The molecule has 0 saturated heterocycles. The maximum atomic E-state index is 12.2. The molecule has 0 saturated carbocycles. The van der Waals surface area contributed by atoms with Crippen LogP contribution in [0.3, 0.4) is 0 Å². The molecule has 2 aromatic carbocycles. The molecule has 5 heteroatoms. The molecule has 0 aliphatic heterocycles. The number of carbonyl (C=O) groups excluding carboxylic acids is 1. The van der Waals surface area contributed by atoms with E-state index in [-0.39, 0.29) is 5.91 Å². The Balaban J connectivity index is 1.54. The molecule has 152 valence electrons. The molecule has 0 unspecified atom stereocenters. The fourth-order valence-electron chi connectivity index (χ4n) is 3.27. The Morgan fingerprint density at radius 1 is 1.17 bits per heavy atom. The number of amides is 1. The number of imidazole rings is 1. The van der Waals surface area contributed by atoms with Gasteiger partial charge in [-0.1, -0.05) is 31.2 Å². The second-order valence-corrected chi connectivity index (χ2v) is 7.27. The van der Waals surface area contributed by atoms with Crippen LogP contribution in [0.5, 0.6) is 5.75 Å². The number of nitrogens with zero attached hydrogens (tertiary/aromatic N) is 2. The van der Waals surface area contributed by atoms with Gasteiger partial charge in [0.25, 0.3) is 0 Å². The number of ether oxygens (including phenoxy) is 1. The predicted octanol–water partition coefficient (Wildman–Crippen LogP) is 4.78. The maximum Gasteiger partial charge on any atom is 0.244 e. The lowest BCUT2D eigenvalue weighted by Gasteiger charge is -2.13. The Labute approximate surface area is 172 Å². The molecule has 0 fully saturated rings. The first-order valence-corrected chi connectivity index (χ1v) is 10.2. The normalized spacial score (nSPS) is 11.4. The Kier molecular flexibility index (Phi) is 7.06. The summed E-state index contributed by atoms with van der Waals surface area (Å²) in [5, 5.41) is 2.95. The van der Waals surface area contributed by atoms with E-state index in [1.54, 1.807) is 6.08 Å². The van der Waals surface area contributed by atoms with E-state index in [9.17, 15) is 4.79 Å². The zero-order chi connectivity index (χ0) is 20.6. The summed E-state index contributed by atoms with van der Waals surface area (Å²) >= 11 is 0. The summed E-state index contributed by atoms with van der Waals surface area (Å²) in [6.45, 7) is 7.63. The standard InChI is InChI=1S/C24H29N3O2/c1-4-17-29-20-12-9-19(10-13-20)11-14-24(28)25-16-15-23-26-21-7-5-6-8-22(21)27(23)18(2)3/h5-14,18H,4,15-17H2,1-3H3,(H,25,28)/b14-11+. The Morgan fingerprint density at radius 2 is 1.93 bits per heavy atom. The third-order valence-electron chi connectivity index (χ3n) is 4.61. The molecular formula is C24H29N3O2. The Morgan fingerprint density at radius 3 is 2.66 bits per heavy atom. The van der Waals surface area contributed by atoms with Gasteiger partial charge in [0.1, 0.15) is 11.6 Å². The monoisotopic (exact) mass is 391 g/mol. The van der Waals surface area contributed by atoms with Crippen molar-refractivity contribution in [3.63, 3.8) is 0 Å². The maximum absolute atomic E-state index is 12.2. The molecule has 0 spiro atoms. The summed E-state index contributed by atoms with van der Waals surface area (Å²) in [7, 11) is 0. The van der Waals surface area contributed by atoms with Crippen molar-refractivity contribution in [2.24, 2.45) is 0 Å². The molecule has 0 aliphatic rings. The van der Waals surface area contributed by atoms with Crippen molar-refractivity contribution in [2.75, 3.05) is 13.2 Å². The smallest absolute Gasteiger partial charge is 0.244 e. The SMILES string of the molecule is CCCOc1ccc(/C=C/C(=O)NCCc2nc3ccccc3n2C(C)C)cc1. The Hall–Kier alpha value is -3.08. The minimum Gasteiger partial charge on any atom is -0.494 e. The van der Waals surface area contributed by atoms with Crippen molar-refractivity contribution in [1.29, 1.82) is 0 Å². The molecule has 3 aromatic rings. The lowest BCUT2D eigenvalue weighted by molar-refractivity contribution is -0.116. The first kappa shape index (κ1) is 20.6. The fourth-order valence-corrected chi connectivity index (χ4v) is 3.27. The number of aromatic nitrogens is 2. The molecule has 0 atom stereocenters. The van der Waals surface area contributed by atoms with Gasteiger partial charge in [0, 0.05) is 25.1 Å². The van der Waals surface area contributed by atoms with Crippen LogP contribution in [0, 0.1) is 0 Å². The summed E-state index contributed by atoms with van der Waals surface area (Å²) in [5.41, 5.74) is 3.09. The van der Waals surface area contributed by atoms with E-state index < -0.39 is 0 Å². The number of fused-ring (bicyclic) bond motifs is 1. The van der Waals surface area contributed by atoms with E-state index in [0.29, 0.717) is 25.6 Å². The second kappa shape index (κ2) is 9.92. The van der Waals surface area contributed by atoms with Gasteiger partial charge in [-0.3, -0.25) is 4.79 Å². The molecule has 1 aromatic heterocycles. The highest BCUT2D eigenvalue weighted by atomic mass is 16.5. The van der Waals surface area contributed by atoms with Crippen LogP contribution in [-0.4, -0.2) is 28.6 Å². The molecule has 1 amide bonds. The molecule has 5 nitrogen and oxygen atoms in total. The van der Waals surface area contributed by atoms with E-state index in [1.165, 1.54) is 0 Å². The van der Waals surface area contributed by atoms with Gasteiger partial charge in [-0.2, -0.15) is 0 Å². The van der Waals surface area contributed by atoms with E-state index >= 15 is 0 Å². The first-order chi connectivity index (χ1) is 14.1. The third kappa shape index (κ3) is 5.47. The van der Waals surface area contributed by atoms with Crippen LogP contribution in [-0.2, 0) is 11.2 Å². The van der Waals surface area contributed by atoms with Gasteiger partial charge >= 0.3 is 0 Å². The van der Waals surface area contributed by atoms with E-state index in [1.807, 2.05) is 48.5 Å². The minimum absolute atomic E-state index is 0.108. The van der Waals surface area contributed by atoms with Gasteiger partial charge in [-0.05, 0) is 56.2 Å². The number of para-hydroxylation sites is 2. The van der Waals surface area contributed by atoms with Crippen molar-refractivity contribution in [1.82, 2.24) is 14.9 Å². The summed E-state index contributed by atoms with van der Waals surface area (Å²) < 4.78 is 7.80. The lowest BCUT2D eigenvalue weighted by atomic mass is 10.2. The van der Waals surface area contributed by atoms with Crippen molar-refractivity contribution >= 4 is 23.0 Å². The van der Waals surface area contributed by atoms with Crippen LogP contribution in [0.2, 0.25) is 0 Å². The quantitative estimate of drug-likeness (QED) is 0.534. The van der Waals surface area contributed by atoms with Crippen LogP contribution < -0.4 is 10.1 Å². The molecule has 0 aliphatic carbocycles. The molecule has 1 N–H and O–H groups in total. The lowest BCUT2D eigenvalue weighted by Crippen LogP contribution is -2.24. The van der Waals surface area contributed by atoms with Gasteiger partial charge in [0.15, 0.2) is 0 Å². The average molecular weight is 392 g/mol. The van der Waals surface area contributed by atoms with Gasteiger partial charge < -0.3 is 14.6 Å². The van der Waals surface area contributed by atoms with Crippen LogP contribution >= 0.6 is 0 Å². The number of carbonyl (C=O) groups is 1. The molecule has 0 radical (unpaired) electrons. The average Bonchev–Trinajstić information content (AvgIpc) is 3.10. The number of nitrogens with one attached hydrogen (secondary N) is 1. The van der Waals surface area contributed by atoms with Crippen molar-refractivity contribution in [2.45, 2.75) is 39.7 Å². The van der Waals surface area contributed by atoms with Gasteiger partial charge in [0.05, 0.1) is 17.6 Å². The second-order valence-electron chi connectivity index (χ2n) is 7.27. The third-order valence-corrected chi connectivity index (χ3v) is 4.61. The van der Waals surface area contributed by atoms with Gasteiger partial charge in [0.2, 0.25) is 5.91 Å². The highest BCUT2D eigenvalue weighted by molar-refractivity contribution is 5.91. The molecular weight excluding hydrogens is 362 g/mol. The highest BCUT2D eigenvalue weighted by Crippen LogP contribution is 2.21. The summed E-state index contributed by atoms with van der Waals surface area (Å²) in [5.74, 6) is 1.73. The van der Waals surface area contributed by atoms with Crippen LogP contribution in [0.4, 0.5) is 0 Å². The summed E-state index contributed by atoms with van der Waals surface area (Å²) in [6.07, 6.45) is 5.04. The number of hydrogen-bond donors (Lipinski definition) is 1. The van der Waals surface area contributed by atoms with Crippen LogP contribution in [0.15, 0.2) is 54.6 Å². The fraction of sp³-hybridized carbons (Fsp3) is 0.333. The topological polar surface area (TPSA) is 56.1 Å². The zero-order valence-corrected chi connectivity index (χ0v) is 17.4. The zero-order valence-electron chi connectivity index (χ0n) is 17.4. The van der Waals surface area contributed by atoms with E-state index in [2.05, 4.69) is 36.7 Å². The molecule has 29 heavy (non-hydrogen) atoms. The first-order valence-electron chi connectivity index (χ1n) is 10.2. The molecule has 0 bridgehead atoms. The van der Waals surface area contributed by atoms with Crippen molar-refractivity contribution in [3.05, 3.63) is 66.0 Å². The highest BCUT2D eigenvalue weighted by Gasteiger charge is 2.12. The summed E-state index contributed by atoms with van der Waals surface area (Å²) in [6, 6.07) is 16.2. The summed E-state index contributed by atoms with van der Waals surface area (Å²) in [4.78, 5) is 16.9. The number of hydrogen-bond acceptors (Lipinski definition) is 3. The van der Waals surface area contributed by atoms with E-state index in [0.717, 1.165) is 34.6 Å². The van der Waals surface area contributed by atoms with E-state index in [4.69, 9.17) is 9.72 Å². The molecule has 1 heterocycles.